The van der Waals surface area contributed by atoms with Crippen molar-refractivity contribution in [3.63, 3.8) is 0 Å². The number of halogens is 1. The van der Waals surface area contributed by atoms with Crippen LogP contribution in [0.1, 0.15) is 35.3 Å². The van der Waals surface area contributed by atoms with Gasteiger partial charge in [-0.25, -0.2) is 0 Å². The van der Waals surface area contributed by atoms with E-state index in [4.69, 9.17) is 0 Å². The van der Waals surface area contributed by atoms with E-state index >= 15 is 0 Å². The number of amides is 1. The van der Waals surface area contributed by atoms with E-state index in [1.54, 1.807) is 10.6 Å². The number of anilines is 1. The normalized spacial score (nSPS) is 14.3. The van der Waals surface area contributed by atoms with Crippen LogP contribution in [-0.4, -0.2) is 33.8 Å². The molecule has 0 radical (unpaired) electrons. The van der Waals surface area contributed by atoms with Crippen LogP contribution in [0.3, 0.4) is 0 Å². The number of hydrogen-bond donors (Lipinski definition) is 1. The SMILES string of the molecule is O=C(NCc1cccc(Br)c1)c1cccn1-c1nnc(N2CCCCC2)s1. The minimum Gasteiger partial charge on any atom is -0.347 e. The number of benzene rings is 1. The number of aromatic nitrogens is 3. The number of carbonyl (C=O) groups excluding carboxylic acids is 1. The smallest absolute Gasteiger partial charge is 0.268 e. The first-order chi connectivity index (χ1) is 13.2. The van der Waals surface area contributed by atoms with Crippen LogP contribution in [0.15, 0.2) is 47.1 Å². The molecule has 1 amide bonds. The van der Waals surface area contributed by atoms with E-state index in [0.717, 1.165) is 28.3 Å². The molecular weight excluding hydrogens is 426 g/mol. The largest absolute Gasteiger partial charge is 0.347 e. The van der Waals surface area contributed by atoms with Crippen molar-refractivity contribution in [2.75, 3.05) is 18.0 Å². The molecule has 0 saturated carbocycles. The summed E-state index contributed by atoms with van der Waals surface area (Å²) in [7, 11) is 0. The molecule has 8 heteroatoms. The molecule has 1 N–H and O–H groups in total. The number of nitrogens with one attached hydrogen (secondary N) is 1. The van der Waals surface area contributed by atoms with E-state index in [0.29, 0.717) is 17.4 Å². The Labute approximate surface area is 170 Å². The third-order valence-electron chi connectivity index (χ3n) is 4.56. The number of nitrogens with zero attached hydrogens (tertiary/aromatic N) is 4. The minimum absolute atomic E-state index is 0.130. The van der Waals surface area contributed by atoms with Crippen molar-refractivity contribution in [1.29, 1.82) is 0 Å². The van der Waals surface area contributed by atoms with Gasteiger partial charge in [-0.2, -0.15) is 0 Å². The van der Waals surface area contributed by atoms with Crippen molar-refractivity contribution >= 4 is 38.3 Å². The number of hydrogen-bond acceptors (Lipinski definition) is 5. The van der Waals surface area contributed by atoms with Crippen LogP contribution in [0, 0.1) is 0 Å². The zero-order valence-electron chi connectivity index (χ0n) is 14.8. The summed E-state index contributed by atoms with van der Waals surface area (Å²) in [6.45, 7) is 2.53. The lowest BCUT2D eigenvalue weighted by Gasteiger charge is -2.25. The quantitative estimate of drug-likeness (QED) is 0.644. The molecule has 27 heavy (non-hydrogen) atoms. The average molecular weight is 446 g/mol. The van der Waals surface area contributed by atoms with Crippen LogP contribution in [0.25, 0.3) is 5.13 Å². The maximum Gasteiger partial charge on any atom is 0.268 e. The van der Waals surface area contributed by atoms with E-state index in [2.05, 4.69) is 36.3 Å². The first-order valence-electron chi connectivity index (χ1n) is 8.99. The van der Waals surface area contributed by atoms with Gasteiger partial charge in [0, 0.05) is 30.3 Å². The molecule has 3 aromatic rings. The molecule has 0 atom stereocenters. The van der Waals surface area contributed by atoms with Crippen LogP contribution in [0.4, 0.5) is 5.13 Å². The minimum atomic E-state index is -0.130. The van der Waals surface area contributed by atoms with Crippen molar-refractivity contribution < 1.29 is 4.79 Å². The molecule has 3 heterocycles. The van der Waals surface area contributed by atoms with E-state index in [9.17, 15) is 4.79 Å². The second-order valence-electron chi connectivity index (χ2n) is 6.49. The predicted octanol–water partition coefficient (Wildman–Crippen LogP) is 4.01. The molecule has 1 aliphatic heterocycles. The summed E-state index contributed by atoms with van der Waals surface area (Å²) in [5.74, 6) is -0.130. The van der Waals surface area contributed by atoms with Gasteiger partial charge in [-0.15, -0.1) is 10.2 Å². The molecule has 1 aliphatic rings. The van der Waals surface area contributed by atoms with Gasteiger partial charge in [0.2, 0.25) is 10.3 Å². The number of carbonyl (C=O) groups is 1. The molecule has 0 aliphatic carbocycles. The second-order valence-corrected chi connectivity index (χ2v) is 8.34. The zero-order valence-corrected chi connectivity index (χ0v) is 17.2. The van der Waals surface area contributed by atoms with Crippen LogP contribution in [0.2, 0.25) is 0 Å². The van der Waals surface area contributed by atoms with Crippen molar-refractivity contribution in [3.8, 4) is 5.13 Å². The Bertz CT molecular complexity index is 932. The zero-order chi connectivity index (χ0) is 18.6. The summed E-state index contributed by atoms with van der Waals surface area (Å²) in [4.78, 5) is 14.9. The van der Waals surface area contributed by atoms with E-state index in [1.807, 2.05) is 36.5 Å². The predicted molar refractivity (Wildman–Crippen MR) is 111 cm³/mol. The first kappa shape index (κ1) is 18.2. The molecule has 0 spiro atoms. The lowest BCUT2D eigenvalue weighted by Crippen LogP contribution is -2.29. The van der Waals surface area contributed by atoms with Gasteiger partial charge in [0.15, 0.2) is 0 Å². The molecule has 1 saturated heterocycles. The standard InChI is InChI=1S/C19H20BrN5OS/c20-15-7-4-6-14(12-15)13-21-17(26)16-8-5-11-25(16)19-23-22-18(27-19)24-9-2-1-3-10-24/h4-8,11-12H,1-3,9-10,13H2,(H,21,26). The fourth-order valence-corrected chi connectivity index (χ4v) is 4.51. The van der Waals surface area contributed by atoms with Crippen molar-refractivity contribution in [2.45, 2.75) is 25.8 Å². The Morgan fingerprint density at radius 1 is 1.11 bits per heavy atom. The van der Waals surface area contributed by atoms with Crippen LogP contribution in [0.5, 0.6) is 0 Å². The molecule has 1 fully saturated rings. The summed E-state index contributed by atoms with van der Waals surface area (Å²) in [5.41, 5.74) is 1.60. The van der Waals surface area contributed by atoms with Crippen molar-refractivity contribution in [2.24, 2.45) is 0 Å². The van der Waals surface area contributed by atoms with Gasteiger partial charge in [0.1, 0.15) is 5.69 Å². The van der Waals surface area contributed by atoms with Gasteiger partial charge >= 0.3 is 0 Å². The Kier molecular flexibility index (Phi) is 5.54. The van der Waals surface area contributed by atoms with Crippen LogP contribution >= 0.6 is 27.3 Å². The Balaban J connectivity index is 1.47. The Morgan fingerprint density at radius 3 is 2.74 bits per heavy atom. The summed E-state index contributed by atoms with van der Waals surface area (Å²) in [5, 5.41) is 13.3. The lowest BCUT2D eigenvalue weighted by atomic mass is 10.1. The van der Waals surface area contributed by atoms with Gasteiger partial charge in [-0.1, -0.05) is 39.4 Å². The van der Waals surface area contributed by atoms with Crippen molar-refractivity contribution in [3.05, 3.63) is 58.3 Å². The fraction of sp³-hybridized carbons (Fsp3) is 0.316. The van der Waals surface area contributed by atoms with Crippen LogP contribution < -0.4 is 10.2 Å². The highest BCUT2D eigenvalue weighted by atomic mass is 79.9. The number of rotatable bonds is 5. The van der Waals surface area contributed by atoms with Gasteiger partial charge < -0.3 is 10.2 Å². The summed E-state index contributed by atoms with van der Waals surface area (Å²) >= 11 is 4.98. The van der Waals surface area contributed by atoms with Crippen molar-refractivity contribution in [1.82, 2.24) is 20.1 Å². The van der Waals surface area contributed by atoms with E-state index in [-0.39, 0.29) is 5.91 Å². The molecule has 1 aromatic carbocycles. The fourth-order valence-electron chi connectivity index (χ4n) is 3.17. The third-order valence-corrected chi connectivity index (χ3v) is 6.04. The molecule has 140 valence electrons. The molecular formula is C19H20BrN5OS. The lowest BCUT2D eigenvalue weighted by molar-refractivity contribution is 0.0944. The molecule has 0 unspecified atom stereocenters. The molecule has 2 aromatic heterocycles. The first-order valence-corrected chi connectivity index (χ1v) is 10.6. The summed E-state index contributed by atoms with van der Waals surface area (Å²) < 4.78 is 2.80. The number of piperidine rings is 1. The summed E-state index contributed by atoms with van der Waals surface area (Å²) in [6.07, 6.45) is 5.53. The molecule has 0 bridgehead atoms. The molecule has 6 nitrogen and oxygen atoms in total. The molecule has 4 rings (SSSR count). The average Bonchev–Trinajstić information content (AvgIpc) is 3.36. The summed E-state index contributed by atoms with van der Waals surface area (Å²) in [6, 6.07) is 11.6. The maximum absolute atomic E-state index is 12.7. The third kappa shape index (κ3) is 4.22. The Hall–Kier alpha value is -2.19. The Morgan fingerprint density at radius 2 is 1.93 bits per heavy atom. The van der Waals surface area contributed by atoms with E-state index in [1.165, 1.54) is 30.6 Å². The van der Waals surface area contributed by atoms with Gasteiger partial charge in [0.05, 0.1) is 0 Å². The second kappa shape index (κ2) is 8.22. The maximum atomic E-state index is 12.7. The van der Waals surface area contributed by atoms with Crippen LogP contribution in [-0.2, 0) is 6.54 Å². The van der Waals surface area contributed by atoms with E-state index < -0.39 is 0 Å². The highest BCUT2D eigenvalue weighted by molar-refractivity contribution is 9.10. The van der Waals surface area contributed by atoms with Gasteiger partial charge in [-0.3, -0.25) is 9.36 Å². The van der Waals surface area contributed by atoms with Gasteiger partial charge in [-0.05, 0) is 49.1 Å². The highest BCUT2D eigenvalue weighted by Crippen LogP contribution is 2.26. The highest BCUT2D eigenvalue weighted by Gasteiger charge is 2.19. The van der Waals surface area contributed by atoms with Gasteiger partial charge in [0.25, 0.3) is 5.91 Å². The monoisotopic (exact) mass is 445 g/mol. The topological polar surface area (TPSA) is 63.1 Å².